The second-order valence-corrected chi connectivity index (χ2v) is 5.81. The summed E-state index contributed by atoms with van der Waals surface area (Å²) in [5.41, 5.74) is 6.23. The van der Waals surface area contributed by atoms with Crippen LogP contribution in [0.3, 0.4) is 0 Å². The van der Waals surface area contributed by atoms with Gasteiger partial charge in [0.25, 0.3) is 0 Å². The minimum absolute atomic E-state index is 0.114. The molecule has 21 heavy (non-hydrogen) atoms. The van der Waals surface area contributed by atoms with Gasteiger partial charge in [-0.25, -0.2) is 0 Å². The standard InChI is InChI=1S/C15H25N3O3/c1-15(2,16)10-18(3)9-14(19)17-11-6-12(20-4)8-13(7-11)21-5/h6-8H,9-10,16H2,1-5H3,(H,17,19). The maximum absolute atomic E-state index is 12.0. The number of amides is 1. The van der Waals surface area contributed by atoms with Gasteiger partial charge in [0.15, 0.2) is 0 Å². The second kappa shape index (κ2) is 7.28. The van der Waals surface area contributed by atoms with Crippen molar-refractivity contribution in [3.05, 3.63) is 18.2 Å². The van der Waals surface area contributed by atoms with E-state index in [1.165, 1.54) is 0 Å². The van der Waals surface area contributed by atoms with E-state index in [-0.39, 0.29) is 18.0 Å². The van der Waals surface area contributed by atoms with Crippen LogP contribution in [0.1, 0.15) is 13.8 Å². The molecule has 0 radical (unpaired) electrons. The first-order valence-corrected chi connectivity index (χ1v) is 6.74. The van der Waals surface area contributed by atoms with E-state index >= 15 is 0 Å². The van der Waals surface area contributed by atoms with Crippen LogP contribution in [-0.2, 0) is 4.79 Å². The number of ether oxygens (including phenoxy) is 2. The van der Waals surface area contributed by atoms with Crippen LogP contribution in [0.4, 0.5) is 5.69 Å². The number of likely N-dealkylation sites (N-methyl/N-ethyl adjacent to an activating group) is 1. The number of carbonyl (C=O) groups is 1. The lowest BCUT2D eigenvalue weighted by atomic mass is 10.1. The molecule has 0 heterocycles. The summed E-state index contributed by atoms with van der Waals surface area (Å²) in [6.45, 7) is 4.74. The molecule has 0 fully saturated rings. The van der Waals surface area contributed by atoms with Crippen molar-refractivity contribution < 1.29 is 14.3 Å². The zero-order valence-electron chi connectivity index (χ0n) is 13.4. The average Bonchev–Trinajstić information content (AvgIpc) is 2.35. The number of hydrogen-bond acceptors (Lipinski definition) is 5. The first-order valence-electron chi connectivity index (χ1n) is 6.74. The normalized spacial score (nSPS) is 11.4. The molecule has 0 saturated heterocycles. The Morgan fingerprint density at radius 2 is 1.76 bits per heavy atom. The molecular weight excluding hydrogens is 270 g/mol. The number of methoxy groups -OCH3 is 2. The van der Waals surface area contributed by atoms with E-state index in [4.69, 9.17) is 15.2 Å². The number of nitrogens with zero attached hydrogens (tertiary/aromatic N) is 1. The molecule has 0 aliphatic carbocycles. The lowest BCUT2D eigenvalue weighted by Gasteiger charge is -2.25. The van der Waals surface area contributed by atoms with Gasteiger partial charge in [-0.2, -0.15) is 0 Å². The van der Waals surface area contributed by atoms with Crippen LogP contribution in [-0.4, -0.2) is 50.7 Å². The molecule has 1 aromatic carbocycles. The maximum atomic E-state index is 12.0. The fraction of sp³-hybridized carbons (Fsp3) is 0.533. The van der Waals surface area contributed by atoms with Gasteiger partial charge in [-0.3, -0.25) is 9.69 Å². The van der Waals surface area contributed by atoms with Gasteiger partial charge in [0.05, 0.1) is 20.8 Å². The highest BCUT2D eigenvalue weighted by Crippen LogP contribution is 2.25. The van der Waals surface area contributed by atoms with Gasteiger partial charge < -0.3 is 20.5 Å². The molecule has 0 bridgehead atoms. The molecule has 0 aliphatic rings. The van der Waals surface area contributed by atoms with Crippen molar-refractivity contribution in [1.29, 1.82) is 0 Å². The predicted molar refractivity (Wildman–Crippen MR) is 83.9 cm³/mol. The van der Waals surface area contributed by atoms with Crippen LogP contribution in [0.25, 0.3) is 0 Å². The SMILES string of the molecule is COc1cc(NC(=O)CN(C)CC(C)(C)N)cc(OC)c1. The van der Waals surface area contributed by atoms with Crippen LogP contribution < -0.4 is 20.5 Å². The molecular formula is C15H25N3O3. The number of nitrogens with one attached hydrogen (secondary N) is 1. The number of nitrogens with two attached hydrogens (primary N) is 1. The smallest absolute Gasteiger partial charge is 0.238 e. The van der Waals surface area contributed by atoms with Crippen LogP contribution in [0.2, 0.25) is 0 Å². The molecule has 6 heteroatoms. The van der Waals surface area contributed by atoms with Gasteiger partial charge >= 0.3 is 0 Å². The van der Waals surface area contributed by atoms with Gasteiger partial charge in [-0.15, -0.1) is 0 Å². The van der Waals surface area contributed by atoms with Crippen LogP contribution in [0.5, 0.6) is 11.5 Å². The van der Waals surface area contributed by atoms with E-state index in [2.05, 4.69) is 5.32 Å². The molecule has 1 amide bonds. The summed E-state index contributed by atoms with van der Waals surface area (Å²) in [7, 11) is 5.00. The molecule has 3 N–H and O–H groups in total. The number of benzene rings is 1. The lowest BCUT2D eigenvalue weighted by Crippen LogP contribution is -2.45. The Hall–Kier alpha value is -1.79. The first kappa shape index (κ1) is 17.3. The van der Waals surface area contributed by atoms with Gasteiger partial charge in [0.2, 0.25) is 5.91 Å². The Kier molecular flexibility index (Phi) is 5.99. The lowest BCUT2D eigenvalue weighted by molar-refractivity contribution is -0.117. The summed E-state index contributed by atoms with van der Waals surface area (Å²) < 4.78 is 10.3. The number of rotatable bonds is 7. The highest BCUT2D eigenvalue weighted by molar-refractivity contribution is 5.92. The molecule has 0 spiro atoms. The monoisotopic (exact) mass is 295 g/mol. The van der Waals surface area contributed by atoms with Gasteiger partial charge in [-0.1, -0.05) is 0 Å². The summed E-state index contributed by atoms with van der Waals surface area (Å²) in [5, 5.41) is 2.83. The van der Waals surface area contributed by atoms with Gasteiger partial charge in [0, 0.05) is 36.0 Å². The molecule has 0 atom stereocenters. The average molecular weight is 295 g/mol. The Morgan fingerprint density at radius 1 is 1.24 bits per heavy atom. The number of carbonyl (C=O) groups excluding carboxylic acids is 1. The third-order valence-corrected chi connectivity index (χ3v) is 2.73. The van der Waals surface area contributed by atoms with Gasteiger partial charge in [0.1, 0.15) is 11.5 Å². The summed E-state index contributed by atoms with van der Waals surface area (Å²) >= 11 is 0. The molecule has 0 aliphatic heterocycles. The number of hydrogen-bond donors (Lipinski definition) is 2. The highest BCUT2D eigenvalue weighted by Gasteiger charge is 2.16. The summed E-state index contributed by atoms with van der Waals surface area (Å²) in [5.74, 6) is 1.14. The molecule has 0 saturated carbocycles. The van der Waals surface area contributed by atoms with Gasteiger partial charge in [-0.05, 0) is 20.9 Å². The molecule has 6 nitrogen and oxygen atoms in total. The Morgan fingerprint density at radius 3 is 2.19 bits per heavy atom. The first-order chi connectivity index (χ1) is 9.73. The third kappa shape index (κ3) is 6.46. The predicted octanol–water partition coefficient (Wildman–Crippen LogP) is 1.31. The largest absolute Gasteiger partial charge is 0.497 e. The fourth-order valence-electron chi connectivity index (χ4n) is 2.08. The topological polar surface area (TPSA) is 76.8 Å². The zero-order chi connectivity index (χ0) is 16.0. The van der Waals surface area contributed by atoms with Crippen molar-refractivity contribution in [3.8, 4) is 11.5 Å². The van der Waals surface area contributed by atoms with Crippen LogP contribution in [0.15, 0.2) is 18.2 Å². The molecule has 0 aromatic heterocycles. The molecule has 1 rings (SSSR count). The highest BCUT2D eigenvalue weighted by atomic mass is 16.5. The Labute approximate surface area is 126 Å². The third-order valence-electron chi connectivity index (χ3n) is 2.73. The Balaban J connectivity index is 2.66. The van der Waals surface area contributed by atoms with E-state index in [0.717, 1.165) is 0 Å². The summed E-state index contributed by atoms with van der Waals surface area (Å²) in [6.07, 6.45) is 0. The fourth-order valence-corrected chi connectivity index (χ4v) is 2.08. The Bertz CT molecular complexity index is 461. The van der Waals surface area contributed by atoms with Crippen molar-refractivity contribution in [2.75, 3.05) is 39.7 Å². The zero-order valence-corrected chi connectivity index (χ0v) is 13.4. The summed E-state index contributed by atoms with van der Waals surface area (Å²) in [6, 6.07) is 5.24. The minimum atomic E-state index is -0.339. The second-order valence-electron chi connectivity index (χ2n) is 5.81. The summed E-state index contributed by atoms with van der Waals surface area (Å²) in [4.78, 5) is 13.9. The van der Waals surface area contributed by atoms with Crippen molar-refractivity contribution in [2.24, 2.45) is 5.73 Å². The minimum Gasteiger partial charge on any atom is -0.497 e. The van der Waals surface area contributed by atoms with E-state index < -0.39 is 0 Å². The quantitative estimate of drug-likeness (QED) is 0.793. The molecule has 1 aromatic rings. The van der Waals surface area contributed by atoms with Crippen molar-refractivity contribution in [3.63, 3.8) is 0 Å². The number of anilines is 1. The molecule has 118 valence electrons. The van der Waals surface area contributed by atoms with Crippen LogP contribution in [0, 0.1) is 0 Å². The van der Waals surface area contributed by atoms with Crippen molar-refractivity contribution in [2.45, 2.75) is 19.4 Å². The van der Waals surface area contributed by atoms with E-state index in [9.17, 15) is 4.79 Å². The van der Waals surface area contributed by atoms with Crippen molar-refractivity contribution in [1.82, 2.24) is 4.90 Å². The van der Waals surface area contributed by atoms with Crippen molar-refractivity contribution >= 4 is 11.6 Å². The van der Waals surface area contributed by atoms with Crippen LogP contribution >= 0.6 is 0 Å². The van der Waals surface area contributed by atoms with E-state index in [1.807, 2.05) is 25.8 Å². The van der Waals surface area contributed by atoms with E-state index in [0.29, 0.717) is 23.7 Å². The van der Waals surface area contributed by atoms with E-state index in [1.54, 1.807) is 32.4 Å². The molecule has 0 unspecified atom stereocenters. The maximum Gasteiger partial charge on any atom is 0.238 e.